The van der Waals surface area contributed by atoms with Crippen molar-refractivity contribution in [1.82, 2.24) is 14.5 Å². The summed E-state index contributed by atoms with van der Waals surface area (Å²) in [6.07, 6.45) is 1.70. The van der Waals surface area contributed by atoms with Crippen molar-refractivity contribution in [3.63, 3.8) is 0 Å². The van der Waals surface area contributed by atoms with Crippen molar-refractivity contribution in [2.45, 2.75) is 11.4 Å². The predicted molar refractivity (Wildman–Crippen MR) is 70.3 cm³/mol. The van der Waals surface area contributed by atoms with E-state index in [0.717, 1.165) is 12.1 Å². The Kier molecular flexibility index (Phi) is 3.81. The van der Waals surface area contributed by atoms with Gasteiger partial charge in [-0.05, 0) is 18.2 Å². The van der Waals surface area contributed by atoms with Crippen LogP contribution in [-0.2, 0) is 23.6 Å². The molecule has 9 heteroatoms. The first-order valence-electron chi connectivity index (χ1n) is 5.61. The number of sulfonamides is 1. The maximum Gasteiger partial charge on any atom is 0.269 e. The van der Waals surface area contributed by atoms with Crippen LogP contribution in [0, 0.1) is 10.1 Å². The van der Waals surface area contributed by atoms with Gasteiger partial charge in [0, 0.05) is 25.4 Å². The summed E-state index contributed by atoms with van der Waals surface area (Å²) < 4.78 is 27.9. The summed E-state index contributed by atoms with van der Waals surface area (Å²) in [4.78, 5) is 9.89. The molecule has 1 aromatic carbocycles. The number of aromatic nitrogens is 2. The molecule has 2 aromatic rings. The minimum Gasteiger partial charge on any atom is -0.276 e. The second kappa shape index (κ2) is 5.39. The maximum absolute atomic E-state index is 12.0. The lowest BCUT2D eigenvalue weighted by Gasteiger charge is -2.04. The summed E-state index contributed by atoms with van der Waals surface area (Å²) in [5.41, 5.74) is 0.423. The number of nitro benzene ring substituents is 1. The third-order valence-corrected chi connectivity index (χ3v) is 3.99. The molecular weight excluding hydrogens is 284 g/mol. The number of hydrogen-bond donors (Lipinski definition) is 1. The number of rotatable bonds is 5. The van der Waals surface area contributed by atoms with E-state index in [1.165, 1.54) is 12.1 Å². The molecule has 0 aliphatic heterocycles. The van der Waals surface area contributed by atoms with Crippen molar-refractivity contribution in [2.24, 2.45) is 7.05 Å². The Labute approximate surface area is 115 Å². The Hall–Kier alpha value is -2.26. The largest absolute Gasteiger partial charge is 0.276 e. The third-order valence-electron chi connectivity index (χ3n) is 2.57. The van der Waals surface area contributed by atoms with Crippen molar-refractivity contribution >= 4 is 15.7 Å². The molecule has 0 unspecified atom stereocenters. The fourth-order valence-electron chi connectivity index (χ4n) is 1.56. The van der Waals surface area contributed by atoms with Gasteiger partial charge in [0.25, 0.3) is 5.69 Å². The Morgan fingerprint density at radius 2 is 1.95 bits per heavy atom. The summed E-state index contributed by atoms with van der Waals surface area (Å²) >= 11 is 0. The molecule has 0 bridgehead atoms. The zero-order chi connectivity index (χ0) is 14.8. The van der Waals surface area contributed by atoms with Crippen LogP contribution in [0.1, 0.15) is 5.69 Å². The van der Waals surface area contributed by atoms with Crippen LogP contribution < -0.4 is 4.72 Å². The Morgan fingerprint density at radius 3 is 2.45 bits per heavy atom. The molecule has 0 aliphatic rings. The maximum atomic E-state index is 12.0. The van der Waals surface area contributed by atoms with E-state index in [0.29, 0.717) is 5.69 Å². The Bertz CT molecular complexity index is 721. The fourth-order valence-corrected chi connectivity index (χ4v) is 2.56. The lowest BCUT2D eigenvalue weighted by Crippen LogP contribution is -2.23. The van der Waals surface area contributed by atoms with Gasteiger partial charge in [-0.3, -0.25) is 14.8 Å². The van der Waals surface area contributed by atoms with E-state index < -0.39 is 14.9 Å². The third kappa shape index (κ3) is 3.19. The highest BCUT2D eigenvalue weighted by molar-refractivity contribution is 7.89. The summed E-state index contributed by atoms with van der Waals surface area (Å²) in [6, 6.07) is 6.38. The molecule has 20 heavy (non-hydrogen) atoms. The van der Waals surface area contributed by atoms with Crippen LogP contribution >= 0.6 is 0 Å². The van der Waals surface area contributed by atoms with E-state index in [2.05, 4.69) is 9.82 Å². The molecular formula is C11H12N4O4S. The number of hydrogen-bond acceptors (Lipinski definition) is 5. The second-order valence-electron chi connectivity index (χ2n) is 4.06. The van der Waals surface area contributed by atoms with Crippen molar-refractivity contribution in [3.8, 4) is 0 Å². The first-order chi connectivity index (χ1) is 9.38. The van der Waals surface area contributed by atoms with Gasteiger partial charge in [-0.15, -0.1) is 0 Å². The molecule has 0 saturated heterocycles. The van der Waals surface area contributed by atoms with Gasteiger partial charge < -0.3 is 0 Å². The van der Waals surface area contributed by atoms with Gasteiger partial charge in [-0.2, -0.15) is 5.10 Å². The quantitative estimate of drug-likeness (QED) is 0.649. The van der Waals surface area contributed by atoms with Crippen LogP contribution in [0.5, 0.6) is 0 Å². The van der Waals surface area contributed by atoms with Gasteiger partial charge >= 0.3 is 0 Å². The molecule has 0 radical (unpaired) electrons. The summed E-state index contributed by atoms with van der Waals surface area (Å²) in [7, 11) is -1.98. The first-order valence-corrected chi connectivity index (χ1v) is 7.09. The van der Waals surface area contributed by atoms with Crippen LogP contribution in [0.2, 0.25) is 0 Å². The number of nitrogens with zero attached hydrogens (tertiary/aromatic N) is 3. The molecule has 0 amide bonds. The van der Waals surface area contributed by atoms with E-state index in [1.807, 2.05) is 0 Å². The highest BCUT2D eigenvalue weighted by atomic mass is 32.2. The van der Waals surface area contributed by atoms with Gasteiger partial charge in [0.1, 0.15) is 0 Å². The van der Waals surface area contributed by atoms with Gasteiger partial charge in [-0.1, -0.05) is 0 Å². The SMILES string of the molecule is Cn1ccc(CNS(=O)(=O)c2ccc([N+](=O)[O-])cc2)n1. The molecule has 2 rings (SSSR count). The molecule has 0 saturated carbocycles. The number of aryl methyl sites for hydroxylation is 1. The summed E-state index contributed by atoms with van der Waals surface area (Å²) in [5.74, 6) is 0. The summed E-state index contributed by atoms with van der Waals surface area (Å²) in [5, 5.41) is 14.5. The van der Waals surface area contributed by atoms with Crippen molar-refractivity contribution in [1.29, 1.82) is 0 Å². The van der Waals surface area contributed by atoms with Crippen molar-refractivity contribution in [2.75, 3.05) is 0 Å². The molecule has 1 aromatic heterocycles. The van der Waals surface area contributed by atoms with Crippen LogP contribution in [0.25, 0.3) is 0 Å². The lowest BCUT2D eigenvalue weighted by molar-refractivity contribution is -0.384. The highest BCUT2D eigenvalue weighted by Gasteiger charge is 2.15. The zero-order valence-corrected chi connectivity index (χ0v) is 11.4. The van der Waals surface area contributed by atoms with Crippen molar-refractivity contribution < 1.29 is 13.3 Å². The standard InChI is InChI=1S/C11H12N4O4S/c1-14-7-6-9(13-14)8-12-20(18,19)11-4-2-10(3-5-11)15(16)17/h2-7,12H,8H2,1H3. The van der Waals surface area contributed by atoms with Gasteiger partial charge in [0.15, 0.2) is 0 Å². The zero-order valence-electron chi connectivity index (χ0n) is 10.6. The monoisotopic (exact) mass is 296 g/mol. The molecule has 1 N–H and O–H groups in total. The minimum absolute atomic E-state index is 0.0287. The molecule has 0 spiro atoms. The topological polar surface area (TPSA) is 107 Å². The number of nitrogens with one attached hydrogen (secondary N) is 1. The fraction of sp³-hybridized carbons (Fsp3) is 0.182. The average molecular weight is 296 g/mol. The predicted octanol–water partition coefficient (Wildman–Crippen LogP) is 0.807. The molecule has 0 aliphatic carbocycles. The van der Waals surface area contributed by atoms with E-state index in [-0.39, 0.29) is 17.1 Å². The number of nitro groups is 1. The van der Waals surface area contributed by atoms with Crippen LogP contribution in [-0.4, -0.2) is 23.1 Å². The number of benzene rings is 1. The second-order valence-corrected chi connectivity index (χ2v) is 5.82. The van der Waals surface area contributed by atoms with Crippen LogP contribution in [0.4, 0.5) is 5.69 Å². The van der Waals surface area contributed by atoms with Gasteiger partial charge in [0.05, 0.1) is 22.1 Å². The molecule has 0 fully saturated rings. The molecule has 8 nitrogen and oxygen atoms in total. The smallest absolute Gasteiger partial charge is 0.269 e. The van der Waals surface area contributed by atoms with Gasteiger partial charge in [-0.25, -0.2) is 13.1 Å². The molecule has 0 atom stereocenters. The van der Waals surface area contributed by atoms with E-state index in [9.17, 15) is 18.5 Å². The molecule has 1 heterocycles. The lowest BCUT2D eigenvalue weighted by atomic mass is 10.3. The van der Waals surface area contributed by atoms with E-state index >= 15 is 0 Å². The number of non-ortho nitro benzene ring substituents is 1. The Morgan fingerprint density at radius 1 is 1.30 bits per heavy atom. The normalized spacial score (nSPS) is 11.4. The Balaban J connectivity index is 2.11. The van der Waals surface area contributed by atoms with Gasteiger partial charge in [0.2, 0.25) is 10.0 Å². The summed E-state index contributed by atoms with van der Waals surface area (Å²) in [6.45, 7) is 0.0557. The van der Waals surface area contributed by atoms with E-state index in [1.54, 1.807) is 24.0 Å². The minimum atomic E-state index is -3.71. The molecule has 106 valence electrons. The van der Waals surface area contributed by atoms with Crippen LogP contribution in [0.3, 0.4) is 0 Å². The van der Waals surface area contributed by atoms with E-state index in [4.69, 9.17) is 0 Å². The van der Waals surface area contributed by atoms with Crippen molar-refractivity contribution in [3.05, 3.63) is 52.3 Å². The average Bonchev–Trinajstić information content (AvgIpc) is 2.82. The van der Waals surface area contributed by atoms with Crippen LogP contribution in [0.15, 0.2) is 41.4 Å². The highest BCUT2D eigenvalue weighted by Crippen LogP contribution is 2.15. The first kappa shape index (κ1) is 14.2.